The topological polar surface area (TPSA) is 137 Å². The Balaban J connectivity index is 2.58. The van der Waals surface area contributed by atoms with Crippen LogP contribution in [0, 0.1) is 0 Å². The molecule has 0 heterocycles. The van der Waals surface area contributed by atoms with Gasteiger partial charge in [0.15, 0.2) is 5.75 Å². The van der Waals surface area contributed by atoms with Gasteiger partial charge in [-0.1, -0.05) is 31.5 Å². The lowest BCUT2D eigenvalue weighted by molar-refractivity contribution is -0.143. The van der Waals surface area contributed by atoms with Gasteiger partial charge in [-0.25, -0.2) is 17.9 Å². The summed E-state index contributed by atoms with van der Waals surface area (Å²) in [6, 6.07) is 11.0. The second-order valence-corrected chi connectivity index (χ2v) is 9.38. The van der Waals surface area contributed by atoms with Crippen molar-refractivity contribution < 1.29 is 37.0 Å². The SMILES string of the molecule is CCCCNc1cc(C(=O)OC(C)COC(C)=O)cc(S(=O)(=O)NC(C)=O)c1Oc1ccccc1. The molecule has 0 saturated carbocycles. The number of unbranched alkanes of at least 4 members (excludes halogenated alkanes) is 1. The van der Waals surface area contributed by atoms with Crippen LogP contribution in [0.1, 0.15) is 50.9 Å². The van der Waals surface area contributed by atoms with Gasteiger partial charge >= 0.3 is 11.9 Å². The lowest BCUT2D eigenvalue weighted by Gasteiger charge is -2.19. The molecule has 0 bridgehead atoms. The third-order valence-electron chi connectivity index (χ3n) is 4.50. The van der Waals surface area contributed by atoms with Crippen molar-refractivity contribution >= 4 is 33.6 Å². The maximum Gasteiger partial charge on any atom is 0.338 e. The number of hydrogen-bond donors (Lipinski definition) is 2. The minimum atomic E-state index is -4.41. The van der Waals surface area contributed by atoms with Gasteiger partial charge in [0.2, 0.25) is 5.91 Å². The molecule has 11 heteroatoms. The summed E-state index contributed by atoms with van der Waals surface area (Å²) in [5, 5.41) is 3.11. The molecule has 1 amide bonds. The molecule has 1 unspecified atom stereocenters. The normalized spacial score (nSPS) is 11.8. The van der Waals surface area contributed by atoms with Crippen LogP contribution in [0.4, 0.5) is 5.69 Å². The summed E-state index contributed by atoms with van der Waals surface area (Å²) < 4.78 is 44.1. The Morgan fingerprint density at radius 2 is 1.74 bits per heavy atom. The number of hydrogen-bond acceptors (Lipinski definition) is 9. The Morgan fingerprint density at radius 1 is 1.06 bits per heavy atom. The first-order chi connectivity index (χ1) is 16.5. The predicted octanol–water partition coefficient (Wildman–Crippen LogP) is 3.62. The van der Waals surface area contributed by atoms with Crippen LogP contribution in [0.2, 0.25) is 0 Å². The van der Waals surface area contributed by atoms with E-state index in [1.54, 1.807) is 30.3 Å². The zero-order valence-corrected chi connectivity index (χ0v) is 20.9. The van der Waals surface area contributed by atoms with E-state index < -0.39 is 38.9 Å². The van der Waals surface area contributed by atoms with E-state index >= 15 is 0 Å². The summed E-state index contributed by atoms with van der Waals surface area (Å²) in [4.78, 5) is 35.0. The van der Waals surface area contributed by atoms with Crippen LogP contribution in [0.3, 0.4) is 0 Å². The quantitative estimate of drug-likeness (QED) is 0.326. The Bertz CT molecular complexity index is 1150. The third kappa shape index (κ3) is 8.60. The first-order valence-corrected chi connectivity index (χ1v) is 12.5. The van der Waals surface area contributed by atoms with Crippen molar-refractivity contribution in [3.8, 4) is 11.5 Å². The summed E-state index contributed by atoms with van der Waals surface area (Å²) in [5.74, 6) is -1.89. The number of esters is 2. The highest BCUT2D eigenvalue weighted by atomic mass is 32.2. The molecule has 2 N–H and O–H groups in total. The van der Waals surface area contributed by atoms with Gasteiger partial charge in [0.25, 0.3) is 10.0 Å². The molecular formula is C24H30N2O8S. The zero-order chi connectivity index (χ0) is 26.0. The molecule has 0 aliphatic heterocycles. The fourth-order valence-corrected chi connectivity index (χ4v) is 4.09. The first kappa shape index (κ1) is 27.6. The van der Waals surface area contributed by atoms with Gasteiger partial charge in [-0.3, -0.25) is 9.59 Å². The molecule has 2 rings (SSSR count). The predicted molar refractivity (Wildman–Crippen MR) is 129 cm³/mol. The number of anilines is 1. The van der Waals surface area contributed by atoms with E-state index in [0.717, 1.165) is 25.8 Å². The van der Waals surface area contributed by atoms with Gasteiger partial charge in [-0.15, -0.1) is 0 Å². The van der Waals surface area contributed by atoms with Crippen LogP contribution >= 0.6 is 0 Å². The van der Waals surface area contributed by atoms with Gasteiger partial charge in [0.05, 0.1) is 11.3 Å². The van der Waals surface area contributed by atoms with Gasteiger partial charge < -0.3 is 19.5 Å². The number of carbonyl (C=O) groups is 3. The summed E-state index contributed by atoms with van der Waals surface area (Å²) in [6.07, 6.45) is 0.861. The molecule has 190 valence electrons. The monoisotopic (exact) mass is 506 g/mol. The Morgan fingerprint density at radius 3 is 2.34 bits per heavy atom. The molecule has 10 nitrogen and oxygen atoms in total. The molecule has 2 aromatic carbocycles. The average molecular weight is 507 g/mol. The molecule has 2 aromatic rings. The van der Waals surface area contributed by atoms with E-state index in [0.29, 0.717) is 12.3 Å². The molecule has 0 fully saturated rings. The first-order valence-electron chi connectivity index (χ1n) is 11.1. The lowest BCUT2D eigenvalue weighted by Crippen LogP contribution is -2.29. The molecule has 0 saturated heterocycles. The van der Waals surface area contributed by atoms with E-state index in [1.807, 2.05) is 11.6 Å². The number of rotatable bonds is 12. The van der Waals surface area contributed by atoms with Crippen LogP contribution in [0.15, 0.2) is 47.4 Å². The van der Waals surface area contributed by atoms with E-state index in [9.17, 15) is 22.8 Å². The van der Waals surface area contributed by atoms with Crippen molar-refractivity contribution in [2.75, 3.05) is 18.5 Å². The van der Waals surface area contributed by atoms with Crippen LogP contribution < -0.4 is 14.8 Å². The molecule has 1 atom stereocenters. The van der Waals surface area contributed by atoms with Crippen LogP contribution in [-0.4, -0.2) is 45.5 Å². The molecular weight excluding hydrogens is 476 g/mol. The van der Waals surface area contributed by atoms with Crippen LogP contribution in [0.5, 0.6) is 11.5 Å². The third-order valence-corrected chi connectivity index (χ3v) is 5.94. The second kappa shape index (κ2) is 12.7. The minimum absolute atomic E-state index is 0.0782. The molecule has 35 heavy (non-hydrogen) atoms. The van der Waals surface area contributed by atoms with Crippen molar-refractivity contribution in [3.05, 3.63) is 48.0 Å². The van der Waals surface area contributed by atoms with Crippen molar-refractivity contribution in [2.24, 2.45) is 0 Å². The second-order valence-electron chi connectivity index (χ2n) is 7.73. The molecule has 0 aromatic heterocycles. The number of para-hydroxylation sites is 1. The number of benzene rings is 2. The highest BCUT2D eigenvalue weighted by molar-refractivity contribution is 7.90. The molecule has 0 aliphatic rings. The number of carbonyl (C=O) groups excluding carboxylic acids is 3. The van der Waals surface area contributed by atoms with Crippen molar-refractivity contribution in [2.45, 2.75) is 51.5 Å². The maximum absolute atomic E-state index is 13.1. The van der Waals surface area contributed by atoms with E-state index in [2.05, 4.69) is 5.32 Å². The number of nitrogens with one attached hydrogen (secondary N) is 2. The zero-order valence-electron chi connectivity index (χ0n) is 20.1. The Labute approximate surface area is 205 Å². The van der Waals surface area contributed by atoms with E-state index in [1.165, 1.54) is 19.9 Å². The summed E-state index contributed by atoms with van der Waals surface area (Å²) >= 11 is 0. The summed E-state index contributed by atoms with van der Waals surface area (Å²) in [6.45, 7) is 6.13. The van der Waals surface area contributed by atoms with Crippen LogP contribution in [-0.2, 0) is 29.1 Å². The molecule has 0 radical (unpaired) electrons. The van der Waals surface area contributed by atoms with Crippen LogP contribution in [0.25, 0.3) is 0 Å². The molecule has 0 spiro atoms. The minimum Gasteiger partial charge on any atom is -0.462 e. The van der Waals surface area contributed by atoms with Crippen molar-refractivity contribution in [3.63, 3.8) is 0 Å². The largest absolute Gasteiger partial charge is 0.462 e. The maximum atomic E-state index is 13.1. The lowest BCUT2D eigenvalue weighted by atomic mass is 10.1. The highest BCUT2D eigenvalue weighted by Gasteiger charge is 2.28. The molecule has 0 aliphatic carbocycles. The van der Waals surface area contributed by atoms with E-state index in [-0.39, 0.29) is 23.6 Å². The van der Waals surface area contributed by atoms with Gasteiger partial charge in [0.1, 0.15) is 23.4 Å². The fraction of sp³-hybridized carbons (Fsp3) is 0.375. The Kier molecular flexibility index (Phi) is 10.1. The summed E-state index contributed by atoms with van der Waals surface area (Å²) in [5.41, 5.74) is 0.135. The van der Waals surface area contributed by atoms with Gasteiger partial charge in [-0.2, -0.15) is 0 Å². The average Bonchev–Trinajstić information content (AvgIpc) is 2.78. The van der Waals surface area contributed by atoms with E-state index in [4.69, 9.17) is 14.2 Å². The number of sulfonamides is 1. The van der Waals surface area contributed by atoms with Gasteiger partial charge in [-0.05, 0) is 37.6 Å². The fourth-order valence-electron chi connectivity index (χ4n) is 2.93. The highest BCUT2D eigenvalue weighted by Crippen LogP contribution is 2.38. The van der Waals surface area contributed by atoms with Crippen molar-refractivity contribution in [1.29, 1.82) is 0 Å². The standard InChI is InChI=1S/C24H30N2O8S/c1-5-6-12-25-21-13-19(24(29)33-16(2)15-32-18(4)28)14-22(35(30,31)26-17(3)27)23(21)34-20-10-8-7-9-11-20/h7-11,13-14,16,25H,5-6,12,15H2,1-4H3,(H,26,27). The Hall–Kier alpha value is -3.60. The number of ether oxygens (including phenoxy) is 3. The number of amides is 1. The van der Waals surface area contributed by atoms with Gasteiger partial charge in [0, 0.05) is 20.4 Å². The smallest absolute Gasteiger partial charge is 0.338 e. The summed E-state index contributed by atoms with van der Waals surface area (Å²) in [7, 11) is -4.41. The van der Waals surface area contributed by atoms with Crippen molar-refractivity contribution in [1.82, 2.24) is 4.72 Å².